The van der Waals surface area contributed by atoms with Gasteiger partial charge in [-0.1, -0.05) is 6.42 Å². The van der Waals surface area contributed by atoms with Gasteiger partial charge in [-0.25, -0.2) is 0 Å². The van der Waals surface area contributed by atoms with Crippen LogP contribution in [0.5, 0.6) is 0 Å². The summed E-state index contributed by atoms with van der Waals surface area (Å²) < 4.78 is 5.28. The number of amides is 1. The summed E-state index contributed by atoms with van der Waals surface area (Å²) in [7, 11) is 0. The van der Waals surface area contributed by atoms with Crippen LogP contribution in [-0.2, 0) is 9.53 Å². The molecule has 2 bridgehead atoms. The maximum atomic E-state index is 11.5. The molecule has 2 aliphatic rings. The molecule has 0 aromatic carbocycles. The van der Waals surface area contributed by atoms with Crippen LogP contribution in [0, 0.1) is 11.8 Å². The molecule has 0 heterocycles. The molecule has 0 radical (unpaired) electrons. The van der Waals surface area contributed by atoms with Crippen LogP contribution in [0.15, 0.2) is 0 Å². The normalized spacial score (nSPS) is 33.7. The van der Waals surface area contributed by atoms with E-state index < -0.39 is 0 Å². The van der Waals surface area contributed by atoms with Crippen LogP contribution < -0.4 is 5.32 Å². The van der Waals surface area contributed by atoms with Gasteiger partial charge < -0.3 is 10.1 Å². The van der Waals surface area contributed by atoms with E-state index in [9.17, 15) is 4.79 Å². The molecule has 2 aliphatic carbocycles. The maximum absolute atomic E-state index is 11.5. The van der Waals surface area contributed by atoms with E-state index in [1.807, 2.05) is 13.8 Å². The monoisotopic (exact) mass is 211 g/mol. The van der Waals surface area contributed by atoms with E-state index >= 15 is 0 Å². The Bertz CT molecular complexity index is 240. The molecule has 3 heteroatoms. The molecule has 2 fully saturated rings. The number of hydrogen-bond acceptors (Lipinski definition) is 2. The van der Waals surface area contributed by atoms with Crippen LogP contribution >= 0.6 is 0 Å². The number of nitrogens with one attached hydrogen (secondary N) is 1. The average Bonchev–Trinajstić information content (AvgIpc) is 2.76. The van der Waals surface area contributed by atoms with Crippen molar-refractivity contribution in [2.75, 3.05) is 6.61 Å². The van der Waals surface area contributed by atoms with Crippen LogP contribution in [0.4, 0.5) is 0 Å². The summed E-state index contributed by atoms with van der Waals surface area (Å²) in [6.07, 6.45) is 5.34. The van der Waals surface area contributed by atoms with Crippen LogP contribution in [0.3, 0.4) is 0 Å². The first-order valence-electron chi connectivity index (χ1n) is 6.06. The van der Waals surface area contributed by atoms with Crippen LogP contribution in [0.1, 0.15) is 39.5 Å². The number of fused-ring (bicyclic) bond motifs is 2. The van der Waals surface area contributed by atoms with E-state index in [0.29, 0.717) is 6.04 Å². The molecule has 15 heavy (non-hydrogen) atoms. The van der Waals surface area contributed by atoms with Gasteiger partial charge in [0, 0.05) is 6.04 Å². The molecular formula is C12H21NO2. The molecule has 3 nitrogen and oxygen atoms in total. The maximum Gasteiger partial charge on any atom is 0.246 e. The molecule has 86 valence electrons. The van der Waals surface area contributed by atoms with Gasteiger partial charge in [0.2, 0.25) is 5.91 Å². The minimum absolute atomic E-state index is 0.0567. The van der Waals surface area contributed by atoms with Gasteiger partial charge in [-0.2, -0.15) is 0 Å². The van der Waals surface area contributed by atoms with Gasteiger partial charge in [0.25, 0.3) is 0 Å². The number of carbonyl (C=O) groups is 1. The van der Waals surface area contributed by atoms with Crippen LogP contribution in [-0.4, -0.2) is 24.7 Å². The van der Waals surface area contributed by atoms with Crippen LogP contribution in [0.2, 0.25) is 0 Å². The topological polar surface area (TPSA) is 38.3 Å². The van der Waals surface area contributed by atoms with Crippen molar-refractivity contribution in [3.63, 3.8) is 0 Å². The Morgan fingerprint density at radius 2 is 2.20 bits per heavy atom. The Morgan fingerprint density at radius 3 is 2.73 bits per heavy atom. The van der Waals surface area contributed by atoms with Gasteiger partial charge in [-0.05, 0) is 44.9 Å². The Morgan fingerprint density at radius 1 is 1.40 bits per heavy atom. The molecule has 0 saturated heterocycles. The zero-order valence-corrected chi connectivity index (χ0v) is 9.66. The highest BCUT2D eigenvalue weighted by Gasteiger charge is 2.39. The number of carbonyl (C=O) groups excluding carboxylic acids is 1. The molecule has 0 aromatic rings. The van der Waals surface area contributed by atoms with Gasteiger partial charge in [0.1, 0.15) is 6.61 Å². The third-order valence-electron chi connectivity index (χ3n) is 3.63. The number of ether oxygens (including phenoxy) is 1. The molecule has 3 atom stereocenters. The van der Waals surface area contributed by atoms with E-state index in [4.69, 9.17) is 4.74 Å². The van der Waals surface area contributed by atoms with Crippen molar-refractivity contribution in [1.82, 2.24) is 5.32 Å². The first-order chi connectivity index (χ1) is 7.15. The van der Waals surface area contributed by atoms with Gasteiger partial charge in [0.05, 0.1) is 6.10 Å². The lowest BCUT2D eigenvalue weighted by Crippen LogP contribution is -2.40. The third-order valence-corrected chi connectivity index (χ3v) is 3.63. The molecule has 2 rings (SSSR count). The molecule has 1 amide bonds. The standard InChI is InChI=1S/C12H21NO2/c1-8(2)15-7-12(14)13-11-6-9-3-4-10(11)5-9/h8-11H,3-7H2,1-2H3,(H,13,14). The SMILES string of the molecule is CC(C)OCC(=O)NC1CC2CCC1C2. The van der Waals surface area contributed by atoms with Crippen molar-refractivity contribution in [3.05, 3.63) is 0 Å². The fourth-order valence-electron chi connectivity index (χ4n) is 2.91. The lowest BCUT2D eigenvalue weighted by atomic mass is 9.95. The Balaban J connectivity index is 1.71. The van der Waals surface area contributed by atoms with Gasteiger partial charge >= 0.3 is 0 Å². The fraction of sp³-hybridized carbons (Fsp3) is 0.917. The van der Waals surface area contributed by atoms with E-state index in [-0.39, 0.29) is 18.6 Å². The van der Waals surface area contributed by atoms with E-state index in [1.54, 1.807) is 0 Å². The summed E-state index contributed by atoms with van der Waals surface area (Å²) >= 11 is 0. The molecule has 0 aliphatic heterocycles. The summed E-state index contributed by atoms with van der Waals surface area (Å²) in [4.78, 5) is 11.5. The molecule has 1 N–H and O–H groups in total. The molecule has 0 spiro atoms. The smallest absolute Gasteiger partial charge is 0.246 e. The summed E-state index contributed by atoms with van der Waals surface area (Å²) in [6, 6.07) is 0.437. The molecule has 3 unspecified atom stereocenters. The number of rotatable bonds is 4. The van der Waals surface area contributed by atoms with E-state index in [2.05, 4.69) is 5.32 Å². The first-order valence-corrected chi connectivity index (χ1v) is 6.06. The van der Waals surface area contributed by atoms with Crippen molar-refractivity contribution >= 4 is 5.91 Å². The van der Waals surface area contributed by atoms with Gasteiger partial charge in [-0.3, -0.25) is 4.79 Å². The summed E-state index contributed by atoms with van der Waals surface area (Å²) in [5, 5.41) is 3.10. The highest BCUT2D eigenvalue weighted by Crippen LogP contribution is 2.44. The molecule has 2 saturated carbocycles. The predicted octanol–water partition coefficient (Wildman–Crippen LogP) is 1.72. The molecular weight excluding hydrogens is 190 g/mol. The molecule has 0 aromatic heterocycles. The van der Waals surface area contributed by atoms with Crippen molar-refractivity contribution in [2.24, 2.45) is 11.8 Å². The Labute approximate surface area is 91.6 Å². The lowest BCUT2D eigenvalue weighted by molar-refractivity contribution is -0.128. The summed E-state index contributed by atoms with van der Waals surface area (Å²) in [6.45, 7) is 4.11. The predicted molar refractivity (Wildman–Crippen MR) is 58.5 cm³/mol. The second kappa shape index (κ2) is 4.52. The van der Waals surface area contributed by atoms with Crippen molar-refractivity contribution in [3.8, 4) is 0 Å². The first kappa shape index (κ1) is 10.9. The lowest BCUT2D eigenvalue weighted by Gasteiger charge is -2.23. The minimum Gasteiger partial charge on any atom is -0.369 e. The van der Waals surface area contributed by atoms with Crippen LogP contribution in [0.25, 0.3) is 0 Å². The zero-order chi connectivity index (χ0) is 10.8. The summed E-state index contributed by atoms with van der Waals surface area (Å²) in [5.41, 5.74) is 0. The van der Waals surface area contributed by atoms with Crippen molar-refractivity contribution < 1.29 is 9.53 Å². The Kier molecular flexibility index (Phi) is 3.29. The quantitative estimate of drug-likeness (QED) is 0.769. The third kappa shape index (κ3) is 2.71. The fourth-order valence-corrected chi connectivity index (χ4v) is 2.91. The highest BCUT2D eigenvalue weighted by molar-refractivity contribution is 5.77. The summed E-state index contributed by atoms with van der Waals surface area (Å²) in [5.74, 6) is 1.69. The van der Waals surface area contributed by atoms with Gasteiger partial charge in [-0.15, -0.1) is 0 Å². The van der Waals surface area contributed by atoms with E-state index in [0.717, 1.165) is 11.8 Å². The van der Waals surface area contributed by atoms with Gasteiger partial charge in [0.15, 0.2) is 0 Å². The van der Waals surface area contributed by atoms with Crippen molar-refractivity contribution in [1.29, 1.82) is 0 Å². The Hall–Kier alpha value is -0.570. The van der Waals surface area contributed by atoms with E-state index in [1.165, 1.54) is 25.7 Å². The number of hydrogen-bond donors (Lipinski definition) is 1. The average molecular weight is 211 g/mol. The highest BCUT2D eigenvalue weighted by atomic mass is 16.5. The zero-order valence-electron chi connectivity index (χ0n) is 9.66. The second-order valence-corrected chi connectivity index (χ2v) is 5.21. The van der Waals surface area contributed by atoms with Crippen molar-refractivity contribution in [2.45, 2.75) is 51.7 Å². The second-order valence-electron chi connectivity index (χ2n) is 5.21. The minimum atomic E-state index is 0.0567. The largest absolute Gasteiger partial charge is 0.369 e.